The summed E-state index contributed by atoms with van der Waals surface area (Å²) in [5, 5.41) is 4.17. The van der Waals surface area contributed by atoms with E-state index < -0.39 is 10.0 Å². The monoisotopic (exact) mass is 418 g/mol. The third-order valence-electron chi connectivity index (χ3n) is 4.85. The molecule has 0 unspecified atom stereocenters. The SMILES string of the molecule is Cc1cnc(Nc2cc(C3CCN(S(=O)(=O)c4cn(C)cn4)CC3)ccn2)s1. The fourth-order valence-electron chi connectivity index (χ4n) is 3.38. The highest BCUT2D eigenvalue weighted by molar-refractivity contribution is 7.89. The van der Waals surface area contributed by atoms with E-state index >= 15 is 0 Å². The first-order chi connectivity index (χ1) is 13.4. The number of anilines is 2. The molecule has 1 N–H and O–H groups in total. The van der Waals surface area contributed by atoms with Gasteiger partial charge < -0.3 is 9.88 Å². The standard InChI is InChI=1S/C18H22N6O2S2/c1-13-10-20-18(27-13)22-16-9-15(3-6-19-16)14-4-7-24(8-5-14)28(25,26)17-11-23(2)12-21-17/h3,6,9-12,14H,4-5,7-8H2,1-2H3,(H,19,20,22). The lowest BCUT2D eigenvalue weighted by molar-refractivity contribution is 0.318. The Morgan fingerprint density at radius 3 is 2.64 bits per heavy atom. The van der Waals surface area contributed by atoms with Gasteiger partial charge >= 0.3 is 0 Å². The number of pyridine rings is 1. The maximum absolute atomic E-state index is 12.7. The predicted octanol–water partition coefficient (Wildman–Crippen LogP) is 2.89. The fraction of sp³-hybridized carbons (Fsp3) is 0.389. The molecule has 1 saturated heterocycles. The lowest BCUT2D eigenvalue weighted by atomic mass is 9.91. The Balaban J connectivity index is 1.43. The van der Waals surface area contributed by atoms with E-state index in [2.05, 4.69) is 20.3 Å². The Labute approximate surface area is 168 Å². The molecule has 0 aromatic carbocycles. The summed E-state index contributed by atoms with van der Waals surface area (Å²) < 4.78 is 28.6. The van der Waals surface area contributed by atoms with Crippen molar-refractivity contribution in [3.05, 3.63) is 47.5 Å². The van der Waals surface area contributed by atoms with Crippen molar-refractivity contribution in [3.63, 3.8) is 0 Å². The van der Waals surface area contributed by atoms with Gasteiger partial charge in [-0.2, -0.15) is 4.31 Å². The lowest BCUT2D eigenvalue weighted by Crippen LogP contribution is -2.38. The molecule has 0 spiro atoms. The molecule has 3 aromatic rings. The molecule has 1 aliphatic heterocycles. The van der Waals surface area contributed by atoms with E-state index in [0.29, 0.717) is 19.0 Å². The van der Waals surface area contributed by atoms with E-state index in [1.807, 2.05) is 25.3 Å². The van der Waals surface area contributed by atoms with Gasteiger partial charge in [0.15, 0.2) is 10.2 Å². The Kier molecular flexibility index (Phi) is 5.17. The summed E-state index contributed by atoms with van der Waals surface area (Å²) in [6.45, 7) is 2.99. The van der Waals surface area contributed by atoms with Crippen molar-refractivity contribution in [2.75, 3.05) is 18.4 Å². The van der Waals surface area contributed by atoms with Crippen LogP contribution in [0.3, 0.4) is 0 Å². The van der Waals surface area contributed by atoms with E-state index in [1.165, 1.54) is 16.2 Å². The number of nitrogens with zero attached hydrogens (tertiary/aromatic N) is 5. The van der Waals surface area contributed by atoms with Crippen LogP contribution in [0.4, 0.5) is 10.9 Å². The quantitative estimate of drug-likeness (QED) is 0.685. The van der Waals surface area contributed by atoms with E-state index in [0.717, 1.165) is 28.7 Å². The van der Waals surface area contributed by atoms with Crippen molar-refractivity contribution in [1.82, 2.24) is 23.8 Å². The second-order valence-corrected chi connectivity index (χ2v) is 10.1. The number of aryl methyl sites for hydroxylation is 2. The van der Waals surface area contributed by atoms with Crippen molar-refractivity contribution in [1.29, 1.82) is 0 Å². The van der Waals surface area contributed by atoms with Crippen LogP contribution in [0.2, 0.25) is 0 Å². The van der Waals surface area contributed by atoms with Gasteiger partial charge in [-0.1, -0.05) is 0 Å². The Morgan fingerprint density at radius 2 is 2.00 bits per heavy atom. The van der Waals surface area contributed by atoms with Crippen LogP contribution in [0.5, 0.6) is 0 Å². The smallest absolute Gasteiger partial charge is 0.262 e. The molecule has 0 bridgehead atoms. The second-order valence-electron chi connectivity index (χ2n) is 6.93. The summed E-state index contributed by atoms with van der Waals surface area (Å²) in [5.41, 5.74) is 1.17. The van der Waals surface area contributed by atoms with Crippen LogP contribution in [-0.4, -0.2) is 45.3 Å². The van der Waals surface area contributed by atoms with E-state index in [9.17, 15) is 8.42 Å². The van der Waals surface area contributed by atoms with Gasteiger partial charge in [-0.05, 0) is 43.4 Å². The van der Waals surface area contributed by atoms with Gasteiger partial charge in [-0.3, -0.25) is 0 Å². The van der Waals surface area contributed by atoms with E-state index in [-0.39, 0.29) is 5.03 Å². The van der Waals surface area contributed by atoms with Gasteiger partial charge in [0.05, 0.1) is 6.33 Å². The number of sulfonamides is 1. The highest BCUT2D eigenvalue weighted by Gasteiger charge is 2.31. The number of piperidine rings is 1. The van der Waals surface area contributed by atoms with Gasteiger partial charge in [0.2, 0.25) is 0 Å². The number of thiazole rings is 1. The zero-order chi connectivity index (χ0) is 19.7. The summed E-state index contributed by atoms with van der Waals surface area (Å²) in [6.07, 6.45) is 8.21. The Hall–Kier alpha value is -2.30. The molecule has 4 heterocycles. The van der Waals surface area contributed by atoms with Crippen molar-refractivity contribution in [2.45, 2.75) is 30.7 Å². The summed E-state index contributed by atoms with van der Waals surface area (Å²) in [5.74, 6) is 1.06. The first kappa shape index (κ1) is 19.0. The third-order valence-corrected chi connectivity index (χ3v) is 7.46. The average molecular weight is 419 g/mol. The molecule has 10 heteroatoms. The number of hydrogen-bond acceptors (Lipinski definition) is 7. The third kappa shape index (κ3) is 3.94. The van der Waals surface area contributed by atoms with Crippen molar-refractivity contribution in [2.24, 2.45) is 7.05 Å². The van der Waals surface area contributed by atoms with Crippen LogP contribution in [0, 0.1) is 6.92 Å². The molecule has 0 amide bonds. The van der Waals surface area contributed by atoms with Gasteiger partial charge in [-0.15, -0.1) is 11.3 Å². The Morgan fingerprint density at radius 1 is 1.21 bits per heavy atom. The largest absolute Gasteiger partial charge is 0.339 e. The predicted molar refractivity (Wildman–Crippen MR) is 108 cm³/mol. The summed E-state index contributed by atoms with van der Waals surface area (Å²) in [4.78, 5) is 13.8. The minimum absolute atomic E-state index is 0.114. The van der Waals surface area contributed by atoms with Gasteiger partial charge in [0.1, 0.15) is 5.82 Å². The minimum atomic E-state index is -3.52. The minimum Gasteiger partial charge on any atom is -0.339 e. The lowest BCUT2D eigenvalue weighted by Gasteiger charge is -2.31. The molecular weight excluding hydrogens is 396 g/mol. The molecule has 4 rings (SSSR count). The maximum Gasteiger partial charge on any atom is 0.262 e. The van der Waals surface area contributed by atoms with Crippen LogP contribution in [0.25, 0.3) is 0 Å². The molecule has 0 aliphatic carbocycles. The zero-order valence-corrected chi connectivity index (χ0v) is 17.4. The molecule has 8 nitrogen and oxygen atoms in total. The Bertz CT molecular complexity index is 1070. The molecular formula is C18H22N6O2S2. The summed E-state index contributed by atoms with van der Waals surface area (Å²) >= 11 is 1.58. The average Bonchev–Trinajstić information content (AvgIpc) is 3.31. The van der Waals surface area contributed by atoms with Crippen molar-refractivity contribution < 1.29 is 8.42 Å². The molecule has 3 aromatic heterocycles. The van der Waals surface area contributed by atoms with E-state index in [4.69, 9.17) is 0 Å². The van der Waals surface area contributed by atoms with Crippen molar-refractivity contribution >= 4 is 32.3 Å². The van der Waals surface area contributed by atoms with Crippen LogP contribution in [0.1, 0.15) is 29.2 Å². The number of rotatable bonds is 5. The highest BCUT2D eigenvalue weighted by atomic mass is 32.2. The maximum atomic E-state index is 12.7. The van der Waals surface area contributed by atoms with Crippen LogP contribution >= 0.6 is 11.3 Å². The summed E-state index contributed by atoms with van der Waals surface area (Å²) in [6, 6.07) is 4.04. The number of aromatic nitrogens is 4. The molecule has 0 saturated carbocycles. The topological polar surface area (TPSA) is 93.0 Å². The number of imidazole rings is 1. The molecule has 28 heavy (non-hydrogen) atoms. The highest BCUT2D eigenvalue weighted by Crippen LogP contribution is 2.31. The fourth-order valence-corrected chi connectivity index (χ4v) is 5.48. The van der Waals surface area contributed by atoms with Crippen molar-refractivity contribution in [3.8, 4) is 0 Å². The molecule has 1 aliphatic rings. The van der Waals surface area contributed by atoms with Gasteiger partial charge in [0, 0.05) is 43.6 Å². The van der Waals surface area contributed by atoms with Crippen LogP contribution < -0.4 is 5.32 Å². The molecule has 0 atom stereocenters. The van der Waals surface area contributed by atoms with E-state index in [1.54, 1.807) is 35.3 Å². The molecule has 148 valence electrons. The number of hydrogen-bond donors (Lipinski definition) is 1. The first-order valence-corrected chi connectivity index (χ1v) is 11.3. The second kappa shape index (κ2) is 7.61. The number of nitrogens with one attached hydrogen (secondary N) is 1. The zero-order valence-electron chi connectivity index (χ0n) is 15.7. The molecule has 0 radical (unpaired) electrons. The normalized spacial score (nSPS) is 16.4. The van der Waals surface area contributed by atoms with Gasteiger partial charge in [0.25, 0.3) is 10.0 Å². The summed E-state index contributed by atoms with van der Waals surface area (Å²) in [7, 11) is -1.76. The van der Waals surface area contributed by atoms with Crippen LogP contribution in [0.15, 0.2) is 42.1 Å². The first-order valence-electron chi connectivity index (χ1n) is 9.05. The molecule has 1 fully saturated rings. The van der Waals surface area contributed by atoms with Crippen LogP contribution in [-0.2, 0) is 17.1 Å². The van der Waals surface area contributed by atoms with Gasteiger partial charge in [-0.25, -0.2) is 23.4 Å².